The topological polar surface area (TPSA) is 68.7 Å². The van der Waals surface area contributed by atoms with E-state index in [9.17, 15) is 9.90 Å². The number of carbonyl (C=O) groups is 1. The Morgan fingerprint density at radius 1 is 1.47 bits per heavy atom. The van der Waals surface area contributed by atoms with E-state index in [-0.39, 0.29) is 12.7 Å². The third-order valence-electron chi connectivity index (χ3n) is 1.93. The molecule has 0 aromatic carbocycles. The first-order valence-corrected chi connectivity index (χ1v) is 5.51. The minimum atomic E-state index is -1.32. The zero-order valence-corrected chi connectivity index (χ0v) is 10.2. The van der Waals surface area contributed by atoms with Crippen LogP contribution in [0.4, 0.5) is 0 Å². The molecule has 0 bridgehead atoms. The number of aliphatic hydroxyl groups is 1. The van der Waals surface area contributed by atoms with Crippen LogP contribution in [0.15, 0.2) is 18.5 Å². The van der Waals surface area contributed by atoms with E-state index in [2.05, 4.69) is 4.98 Å². The number of hydrogen-bond donors (Lipinski definition) is 1. The fourth-order valence-electron chi connectivity index (χ4n) is 1.28. The minimum Gasteiger partial charge on any atom is -0.489 e. The molecular weight excluding hydrogens is 222 g/mol. The standard InChI is InChI=1S/C12H17NO4/c1-4-16-12(15)11(14)9-5-10(7-13-6-9)17-8(2)3/h5-8,11,14H,4H2,1-3H3. The quantitative estimate of drug-likeness (QED) is 0.788. The number of aliphatic hydroxyl groups excluding tert-OH is 1. The zero-order chi connectivity index (χ0) is 12.8. The van der Waals surface area contributed by atoms with Crippen molar-refractivity contribution in [1.82, 2.24) is 4.98 Å². The normalized spacial score (nSPS) is 12.3. The van der Waals surface area contributed by atoms with Crippen LogP contribution in [0.2, 0.25) is 0 Å². The van der Waals surface area contributed by atoms with Crippen molar-refractivity contribution in [1.29, 1.82) is 0 Å². The van der Waals surface area contributed by atoms with Crippen molar-refractivity contribution in [3.05, 3.63) is 24.0 Å². The molecule has 0 aliphatic carbocycles. The Kier molecular flexibility index (Phi) is 4.90. The minimum absolute atomic E-state index is 0.00628. The summed E-state index contributed by atoms with van der Waals surface area (Å²) < 4.78 is 10.1. The lowest BCUT2D eigenvalue weighted by Crippen LogP contribution is -2.16. The fourth-order valence-corrected chi connectivity index (χ4v) is 1.28. The Balaban J connectivity index is 2.80. The molecule has 94 valence electrons. The number of carbonyl (C=O) groups excluding carboxylic acids is 1. The predicted molar refractivity (Wildman–Crippen MR) is 61.6 cm³/mol. The van der Waals surface area contributed by atoms with Gasteiger partial charge in [0.1, 0.15) is 5.75 Å². The molecule has 0 spiro atoms. The number of hydrogen-bond acceptors (Lipinski definition) is 5. The molecule has 1 aromatic rings. The van der Waals surface area contributed by atoms with Crippen LogP contribution >= 0.6 is 0 Å². The maximum absolute atomic E-state index is 11.3. The van der Waals surface area contributed by atoms with Crippen molar-refractivity contribution in [2.45, 2.75) is 33.0 Å². The van der Waals surface area contributed by atoms with Crippen molar-refractivity contribution in [3.8, 4) is 5.75 Å². The lowest BCUT2D eigenvalue weighted by molar-refractivity contribution is -0.153. The van der Waals surface area contributed by atoms with E-state index in [0.717, 1.165) is 0 Å². The molecule has 1 aromatic heterocycles. The molecule has 0 saturated heterocycles. The molecule has 0 aliphatic rings. The molecule has 0 amide bonds. The maximum Gasteiger partial charge on any atom is 0.339 e. The highest BCUT2D eigenvalue weighted by molar-refractivity contribution is 5.76. The molecule has 5 nitrogen and oxygen atoms in total. The summed E-state index contributed by atoms with van der Waals surface area (Å²) in [5.74, 6) is -0.170. The van der Waals surface area contributed by atoms with Crippen molar-refractivity contribution in [2.24, 2.45) is 0 Å². The third-order valence-corrected chi connectivity index (χ3v) is 1.93. The van der Waals surface area contributed by atoms with Gasteiger partial charge in [0.2, 0.25) is 0 Å². The smallest absolute Gasteiger partial charge is 0.339 e. The second-order valence-electron chi connectivity index (χ2n) is 3.78. The third kappa shape index (κ3) is 4.03. The van der Waals surface area contributed by atoms with Crippen molar-refractivity contribution in [3.63, 3.8) is 0 Å². The van der Waals surface area contributed by atoms with Gasteiger partial charge in [-0.1, -0.05) is 0 Å². The first kappa shape index (κ1) is 13.4. The molecule has 5 heteroatoms. The molecule has 0 radical (unpaired) electrons. The largest absolute Gasteiger partial charge is 0.489 e. The van der Waals surface area contributed by atoms with Crippen LogP contribution < -0.4 is 4.74 Å². The maximum atomic E-state index is 11.3. The number of nitrogens with zero attached hydrogens (tertiary/aromatic N) is 1. The summed E-state index contributed by atoms with van der Waals surface area (Å²) in [6.45, 7) is 5.68. The summed E-state index contributed by atoms with van der Waals surface area (Å²) >= 11 is 0. The van der Waals surface area contributed by atoms with Crippen LogP contribution in [0.3, 0.4) is 0 Å². The van der Waals surface area contributed by atoms with E-state index in [1.807, 2.05) is 13.8 Å². The van der Waals surface area contributed by atoms with Crippen LogP contribution in [0, 0.1) is 0 Å². The summed E-state index contributed by atoms with van der Waals surface area (Å²) in [7, 11) is 0. The lowest BCUT2D eigenvalue weighted by Gasteiger charge is -2.12. The van der Waals surface area contributed by atoms with Gasteiger partial charge in [0, 0.05) is 11.8 Å². The van der Waals surface area contributed by atoms with Crippen LogP contribution in [0.1, 0.15) is 32.4 Å². The predicted octanol–water partition coefficient (Wildman–Crippen LogP) is 1.47. The fraction of sp³-hybridized carbons (Fsp3) is 0.500. The molecule has 17 heavy (non-hydrogen) atoms. The summed E-state index contributed by atoms with van der Waals surface area (Å²) in [5.41, 5.74) is 0.363. The molecule has 0 aliphatic heterocycles. The second-order valence-corrected chi connectivity index (χ2v) is 3.78. The number of aromatic nitrogens is 1. The SMILES string of the molecule is CCOC(=O)C(O)c1cncc(OC(C)C)c1. The van der Waals surface area contributed by atoms with E-state index in [1.54, 1.807) is 13.0 Å². The van der Waals surface area contributed by atoms with Crippen LogP contribution in [-0.2, 0) is 9.53 Å². The lowest BCUT2D eigenvalue weighted by atomic mass is 10.1. The first-order chi connectivity index (χ1) is 8.04. The molecule has 1 rings (SSSR count). The van der Waals surface area contributed by atoms with Crippen LogP contribution in [-0.4, -0.2) is 28.8 Å². The highest BCUT2D eigenvalue weighted by Crippen LogP contribution is 2.19. The Bertz CT molecular complexity index is 379. The molecule has 0 fully saturated rings. The number of esters is 1. The van der Waals surface area contributed by atoms with Crippen molar-refractivity contribution in [2.75, 3.05) is 6.61 Å². The van der Waals surface area contributed by atoms with E-state index >= 15 is 0 Å². The molecule has 1 unspecified atom stereocenters. The highest BCUT2D eigenvalue weighted by atomic mass is 16.5. The van der Waals surface area contributed by atoms with Gasteiger partial charge >= 0.3 is 5.97 Å². The average molecular weight is 239 g/mol. The van der Waals surface area contributed by atoms with Crippen LogP contribution in [0.25, 0.3) is 0 Å². The summed E-state index contributed by atoms with van der Waals surface area (Å²) in [6.07, 6.45) is 1.63. The van der Waals surface area contributed by atoms with Gasteiger partial charge in [-0.15, -0.1) is 0 Å². The Morgan fingerprint density at radius 3 is 2.76 bits per heavy atom. The Hall–Kier alpha value is -1.62. The van der Waals surface area contributed by atoms with E-state index in [1.165, 1.54) is 12.4 Å². The Labute approximate surface area is 100 Å². The summed E-state index contributed by atoms with van der Waals surface area (Å²) in [4.78, 5) is 15.2. The van der Waals surface area contributed by atoms with Gasteiger partial charge in [-0.05, 0) is 26.8 Å². The molecule has 0 saturated carbocycles. The zero-order valence-electron chi connectivity index (χ0n) is 10.2. The van der Waals surface area contributed by atoms with Gasteiger partial charge in [0.25, 0.3) is 0 Å². The number of rotatable bonds is 5. The van der Waals surface area contributed by atoms with Gasteiger partial charge in [0.15, 0.2) is 6.10 Å². The van der Waals surface area contributed by atoms with Crippen LogP contribution in [0.5, 0.6) is 5.75 Å². The van der Waals surface area contributed by atoms with Gasteiger partial charge in [-0.2, -0.15) is 0 Å². The first-order valence-electron chi connectivity index (χ1n) is 5.51. The molecule has 1 heterocycles. The summed E-state index contributed by atoms with van der Waals surface area (Å²) in [6, 6.07) is 1.58. The monoisotopic (exact) mass is 239 g/mol. The van der Waals surface area contributed by atoms with E-state index in [0.29, 0.717) is 11.3 Å². The van der Waals surface area contributed by atoms with E-state index < -0.39 is 12.1 Å². The van der Waals surface area contributed by atoms with Crippen molar-refractivity contribution < 1.29 is 19.4 Å². The molecule has 1 N–H and O–H groups in total. The van der Waals surface area contributed by atoms with E-state index in [4.69, 9.17) is 9.47 Å². The highest BCUT2D eigenvalue weighted by Gasteiger charge is 2.19. The van der Waals surface area contributed by atoms with Gasteiger partial charge < -0.3 is 14.6 Å². The number of pyridine rings is 1. The number of ether oxygens (including phenoxy) is 2. The molecule has 1 atom stereocenters. The van der Waals surface area contributed by atoms with Crippen molar-refractivity contribution >= 4 is 5.97 Å². The van der Waals surface area contributed by atoms with Gasteiger partial charge in [-0.3, -0.25) is 4.98 Å². The average Bonchev–Trinajstić information content (AvgIpc) is 2.28. The van der Waals surface area contributed by atoms with Gasteiger partial charge in [-0.25, -0.2) is 4.79 Å². The second kappa shape index (κ2) is 6.20. The Morgan fingerprint density at radius 2 is 2.18 bits per heavy atom. The summed E-state index contributed by atoms with van der Waals surface area (Å²) in [5, 5.41) is 9.71. The van der Waals surface area contributed by atoms with Gasteiger partial charge in [0.05, 0.1) is 18.9 Å². The molecular formula is C12H17NO4.